The molecule has 1 fully saturated rings. The van der Waals surface area contributed by atoms with Crippen molar-refractivity contribution in [1.82, 2.24) is 14.8 Å². The van der Waals surface area contributed by atoms with Gasteiger partial charge >= 0.3 is 0 Å². The van der Waals surface area contributed by atoms with E-state index in [-0.39, 0.29) is 5.91 Å². The number of para-hydroxylation sites is 1. The van der Waals surface area contributed by atoms with Gasteiger partial charge in [0, 0.05) is 38.1 Å². The molecule has 130 valence electrons. The number of morpholine rings is 1. The molecule has 0 aliphatic carbocycles. The van der Waals surface area contributed by atoms with E-state index in [4.69, 9.17) is 4.74 Å². The molecule has 0 atom stereocenters. The van der Waals surface area contributed by atoms with E-state index in [1.165, 1.54) is 0 Å². The lowest BCUT2D eigenvalue weighted by atomic mass is 10.2. The lowest BCUT2D eigenvalue weighted by Crippen LogP contribution is -2.41. The molecule has 1 aromatic heterocycles. The Labute approximate surface area is 147 Å². The highest BCUT2D eigenvalue weighted by Gasteiger charge is 2.19. The number of amides is 1. The molecule has 3 rings (SSSR count). The fourth-order valence-electron chi connectivity index (χ4n) is 3.02. The van der Waals surface area contributed by atoms with Gasteiger partial charge in [0.1, 0.15) is 11.8 Å². The van der Waals surface area contributed by atoms with Crippen LogP contribution in [0, 0.1) is 18.3 Å². The molecule has 1 aliphatic rings. The number of nitriles is 1. The van der Waals surface area contributed by atoms with Crippen molar-refractivity contribution in [1.29, 1.82) is 5.26 Å². The molecular weight excluding hydrogens is 316 g/mol. The monoisotopic (exact) mass is 338 g/mol. The van der Waals surface area contributed by atoms with E-state index in [9.17, 15) is 10.1 Å². The van der Waals surface area contributed by atoms with Gasteiger partial charge in [-0.2, -0.15) is 5.26 Å². The Morgan fingerprint density at radius 3 is 2.76 bits per heavy atom. The highest BCUT2D eigenvalue weighted by atomic mass is 16.5. The van der Waals surface area contributed by atoms with Crippen molar-refractivity contribution in [2.45, 2.75) is 6.92 Å². The first-order valence-electron chi connectivity index (χ1n) is 8.46. The molecule has 2 aromatic rings. The smallest absolute Gasteiger partial charge is 0.269 e. The van der Waals surface area contributed by atoms with Gasteiger partial charge in [0.15, 0.2) is 0 Å². The van der Waals surface area contributed by atoms with Crippen LogP contribution in [0.25, 0.3) is 5.69 Å². The highest BCUT2D eigenvalue weighted by Crippen LogP contribution is 2.20. The summed E-state index contributed by atoms with van der Waals surface area (Å²) in [6.07, 6.45) is 1.78. The van der Waals surface area contributed by atoms with Gasteiger partial charge in [-0.3, -0.25) is 9.69 Å². The molecule has 6 nitrogen and oxygen atoms in total. The third-order valence-corrected chi connectivity index (χ3v) is 4.41. The number of benzene rings is 1. The van der Waals surface area contributed by atoms with Crippen LogP contribution >= 0.6 is 0 Å². The van der Waals surface area contributed by atoms with E-state index in [2.05, 4.69) is 16.3 Å². The second-order valence-corrected chi connectivity index (χ2v) is 6.06. The molecule has 0 unspecified atom stereocenters. The molecule has 1 aromatic carbocycles. The van der Waals surface area contributed by atoms with Crippen LogP contribution < -0.4 is 5.32 Å². The Balaban J connectivity index is 1.74. The predicted octanol–water partition coefficient (Wildman–Crippen LogP) is 1.72. The zero-order chi connectivity index (χ0) is 17.6. The van der Waals surface area contributed by atoms with Gasteiger partial charge in [0.05, 0.1) is 18.8 Å². The minimum atomic E-state index is -0.224. The largest absolute Gasteiger partial charge is 0.379 e. The van der Waals surface area contributed by atoms with E-state index >= 15 is 0 Å². The number of aromatic nitrogens is 1. The van der Waals surface area contributed by atoms with Crippen molar-refractivity contribution in [2.24, 2.45) is 0 Å². The zero-order valence-corrected chi connectivity index (χ0v) is 14.4. The molecule has 25 heavy (non-hydrogen) atoms. The van der Waals surface area contributed by atoms with E-state index in [0.29, 0.717) is 17.8 Å². The number of nitrogens with zero attached hydrogens (tertiary/aromatic N) is 3. The fraction of sp³-hybridized carbons (Fsp3) is 0.368. The number of aryl methyl sites for hydroxylation is 1. The summed E-state index contributed by atoms with van der Waals surface area (Å²) in [7, 11) is 0. The van der Waals surface area contributed by atoms with Gasteiger partial charge in [0.2, 0.25) is 0 Å². The summed E-state index contributed by atoms with van der Waals surface area (Å²) in [5.41, 5.74) is 2.72. The van der Waals surface area contributed by atoms with Crippen LogP contribution in [0.4, 0.5) is 0 Å². The summed E-state index contributed by atoms with van der Waals surface area (Å²) in [6, 6.07) is 11.6. The topological polar surface area (TPSA) is 70.3 Å². The zero-order valence-electron chi connectivity index (χ0n) is 14.4. The summed E-state index contributed by atoms with van der Waals surface area (Å²) in [4.78, 5) is 15.0. The van der Waals surface area contributed by atoms with E-state index in [1.807, 2.05) is 31.2 Å². The maximum atomic E-state index is 12.7. The number of carbonyl (C=O) groups excluding carboxylic acids is 1. The summed E-state index contributed by atoms with van der Waals surface area (Å²) >= 11 is 0. The Hall–Kier alpha value is -2.62. The number of carbonyl (C=O) groups is 1. The molecule has 1 amide bonds. The lowest BCUT2D eigenvalue weighted by molar-refractivity contribution is 0.0383. The van der Waals surface area contributed by atoms with Gasteiger partial charge in [-0.05, 0) is 24.6 Å². The quantitative estimate of drug-likeness (QED) is 0.901. The third-order valence-electron chi connectivity index (χ3n) is 4.41. The number of hydrogen-bond donors (Lipinski definition) is 1. The number of nitrogens with one attached hydrogen (secondary N) is 1. The molecular formula is C19H22N4O2. The number of rotatable bonds is 5. The molecule has 1 N–H and O–H groups in total. The summed E-state index contributed by atoms with van der Waals surface area (Å²) in [5, 5.41) is 12.3. The lowest BCUT2D eigenvalue weighted by Gasteiger charge is -2.26. The van der Waals surface area contributed by atoms with Crippen molar-refractivity contribution in [3.05, 3.63) is 53.3 Å². The predicted molar refractivity (Wildman–Crippen MR) is 94.8 cm³/mol. The van der Waals surface area contributed by atoms with Gasteiger partial charge in [-0.15, -0.1) is 0 Å². The van der Waals surface area contributed by atoms with Gasteiger partial charge in [-0.1, -0.05) is 18.2 Å². The second kappa shape index (κ2) is 7.97. The Morgan fingerprint density at radius 2 is 2.04 bits per heavy atom. The number of hydrogen-bond acceptors (Lipinski definition) is 4. The summed E-state index contributed by atoms with van der Waals surface area (Å²) in [6.45, 7) is 6.56. The molecule has 1 saturated heterocycles. The Kier molecular flexibility index (Phi) is 5.49. The minimum absolute atomic E-state index is 0.224. The first-order valence-corrected chi connectivity index (χ1v) is 8.46. The van der Waals surface area contributed by atoms with Crippen LogP contribution in [0.3, 0.4) is 0 Å². The normalized spacial score (nSPS) is 14.9. The molecule has 0 radical (unpaired) electrons. The first-order chi connectivity index (χ1) is 12.2. The van der Waals surface area contributed by atoms with Crippen LogP contribution in [-0.4, -0.2) is 54.8 Å². The average molecular weight is 338 g/mol. The van der Waals surface area contributed by atoms with Crippen LogP contribution in [0.1, 0.15) is 21.6 Å². The van der Waals surface area contributed by atoms with Crippen LogP contribution in [0.15, 0.2) is 36.5 Å². The highest BCUT2D eigenvalue weighted by molar-refractivity contribution is 5.96. The van der Waals surface area contributed by atoms with Crippen molar-refractivity contribution in [2.75, 3.05) is 39.4 Å². The van der Waals surface area contributed by atoms with Gasteiger partial charge in [-0.25, -0.2) is 0 Å². The third kappa shape index (κ3) is 3.90. The molecule has 2 heterocycles. The first kappa shape index (κ1) is 17.2. The number of ether oxygens (including phenoxy) is 1. The van der Waals surface area contributed by atoms with Gasteiger partial charge < -0.3 is 14.6 Å². The molecule has 0 bridgehead atoms. The van der Waals surface area contributed by atoms with Gasteiger partial charge in [0.25, 0.3) is 5.91 Å². The maximum Gasteiger partial charge on any atom is 0.269 e. The Bertz CT molecular complexity index is 785. The Morgan fingerprint density at radius 1 is 1.28 bits per heavy atom. The van der Waals surface area contributed by atoms with Crippen molar-refractivity contribution < 1.29 is 9.53 Å². The van der Waals surface area contributed by atoms with Crippen LogP contribution in [-0.2, 0) is 4.74 Å². The standard InChI is InChI=1S/C19H22N4O2/c1-15-4-2-3-5-17(15)23-8-6-16(14-20)18(23)19(24)21-7-9-22-10-12-25-13-11-22/h2-6,8H,7,9-13H2,1H3,(H,21,24). The molecule has 0 spiro atoms. The fourth-order valence-corrected chi connectivity index (χ4v) is 3.02. The van der Waals surface area contributed by atoms with Crippen molar-refractivity contribution in [3.8, 4) is 11.8 Å². The second-order valence-electron chi connectivity index (χ2n) is 6.06. The average Bonchev–Trinajstić information content (AvgIpc) is 3.07. The summed E-state index contributed by atoms with van der Waals surface area (Å²) in [5.74, 6) is -0.224. The van der Waals surface area contributed by atoms with Crippen LogP contribution in [0.5, 0.6) is 0 Å². The van der Waals surface area contributed by atoms with Crippen molar-refractivity contribution >= 4 is 5.91 Å². The molecule has 1 aliphatic heterocycles. The van der Waals surface area contributed by atoms with E-state index in [0.717, 1.165) is 44.1 Å². The van der Waals surface area contributed by atoms with Crippen LogP contribution in [0.2, 0.25) is 0 Å². The van der Waals surface area contributed by atoms with Crippen molar-refractivity contribution in [3.63, 3.8) is 0 Å². The maximum absolute atomic E-state index is 12.7. The van der Waals surface area contributed by atoms with E-state index in [1.54, 1.807) is 16.8 Å². The molecule has 0 saturated carbocycles. The summed E-state index contributed by atoms with van der Waals surface area (Å²) < 4.78 is 7.11. The SMILES string of the molecule is Cc1ccccc1-n1ccc(C#N)c1C(=O)NCCN1CCOCC1. The minimum Gasteiger partial charge on any atom is -0.379 e. The molecule has 6 heteroatoms. The van der Waals surface area contributed by atoms with E-state index < -0.39 is 0 Å².